The molecule has 2 atom stereocenters. The number of rotatable bonds is 6. The number of nitrogens with zero attached hydrogens (tertiary/aromatic N) is 1. The van der Waals surface area contributed by atoms with Crippen LogP contribution in [-0.2, 0) is 19.4 Å². The van der Waals surface area contributed by atoms with Crippen molar-refractivity contribution in [2.24, 2.45) is 0 Å². The predicted octanol–water partition coefficient (Wildman–Crippen LogP) is -0.211. The molecular formula is C13H24N2O4S. The zero-order valence-corrected chi connectivity index (χ0v) is 13.2. The number of methoxy groups -OCH3 is 1. The van der Waals surface area contributed by atoms with Gasteiger partial charge in [0.15, 0.2) is 9.84 Å². The molecule has 0 aromatic rings. The fourth-order valence-corrected chi connectivity index (χ4v) is 4.63. The van der Waals surface area contributed by atoms with Crippen LogP contribution in [0.25, 0.3) is 0 Å². The van der Waals surface area contributed by atoms with E-state index in [9.17, 15) is 13.2 Å². The smallest absolute Gasteiger partial charge is 0.327 e. The van der Waals surface area contributed by atoms with Crippen LogP contribution < -0.4 is 5.32 Å². The molecule has 0 spiro atoms. The van der Waals surface area contributed by atoms with Gasteiger partial charge in [-0.3, -0.25) is 15.0 Å². The van der Waals surface area contributed by atoms with Gasteiger partial charge in [-0.25, -0.2) is 8.42 Å². The summed E-state index contributed by atoms with van der Waals surface area (Å²) in [5.41, 5.74) is -0.781. The fraction of sp³-hybridized carbons (Fsp3) is 0.923. The van der Waals surface area contributed by atoms with Gasteiger partial charge < -0.3 is 4.74 Å². The Kier molecular flexibility index (Phi) is 4.41. The van der Waals surface area contributed by atoms with Crippen molar-refractivity contribution in [1.82, 2.24) is 10.2 Å². The minimum atomic E-state index is -2.91. The Bertz CT molecular complexity index is 475. The summed E-state index contributed by atoms with van der Waals surface area (Å²) in [7, 11) is 0.350. The molecule has 20 heavy (non-hydrogen) atoms. The third-order valence-electron chi connectivity index (χ3n) is 4.13. The number of hydrogen-bond acceptors (Lipinski definition) is 6. The minimum absolute atomic E-state index is 0.00927. The van der Waals surface area contributed by atoms with Crippen LogP contribution in [0.5, 0.6) is 0 Å². The van der Waals surface area contributed by atoms with Gasteiger partial charge in [0.2, 0.25) is 0 Å². The largest absolute Gasteiger partial charge is 0.468 e. The molecular weight excluding hydrogens is 280 g/mol. The Morgan fingerprint density at radius 2 is 2.05 bits per heavy atom. The predicted molar refractivity (Wildman–Crippen MR) is 76.3 cm³/mol. The Balaban J connectivity index is 2.01. The Morgan fingerprint density at radius 3 is 2.50 bits per heavy atom. The lowest BCUT2D eigenvalue weighted by molar-refractivity contribution is -0.149. The lowest BCUT2D eigenvalue weighted by Crippen LogP contribution is -2.59. The summed E-state index contributed by atoms with van der Waals surface area (Å²) in [4.78, 5) is 14.0. The number of carbonyl (C=O) groups is 1. The zero-order chi connectivity index (χ0) is 15.0. The first-order chi connectivity index (χ1) is 9.26. The van der Waals surface area contributed by atoms with E-state index in [-0.39, 0.29) is 23.5 Å². The van der Waals surface area contributed by atoms with Gasteiger partial charge in [-0.2, -0.15) is 0 Å². The van der Waals surface area contributed by atoms with Gasteiger partial charge in [-0.15, -0.1) is 0 Å². The standard InChI is InChI=1S/C13H24N2O4S/c1-13(12(16)19-3,14-10-4-5-10)9-15(2)11-6-7-20(17,18)8-11/h10-11,14H,4-9H2,1-3H3. The zero-order valence-electron chi connectivity index (χ0n) is 12.4. The molecule has 2 aliphatic rings. The average molecular weight is 304 g/mol. The second-order valence-corrected chi connectivity index (χ2v) is 8.44. The van der Waals surface area contributed by atoms with Crippen LogP contribution in [0.15, 0.2) is 0 Å². The molecule has 1 N–H and O–H groups in total. The van der Waals surface area contributed by atoms with Gasteiger partial charge in [0.1, 0.15) is 5.54 Å². The normalized spacial score (nSPS) is 28.3. The first-order valence-corrected chi connectivity index (χ1v) is 8.85. The molecule has 6 nitrogen and oxygen atoms in total. The first-order valence-electron chi connectivity index (χ1n) is 7.02. The van der Waals surface area contributed by atoms with Crippen LogP contribution >= 0.6 is 0 Å². The van der Waals surface area contributed by atoms with E-state index in [0.717, 1.165) is 12.8 Å². The van der Waals surface area contributed by atoms with Gasteiger partial charge in [0, 0.05) is 18.6 Å². The number of hydrogen-bond donors (Lipinski definition) is 1. The molecule has 0 bridgehead atoms. The highest BCUT2D eigenvalue weighted by Crippen LogP contribution is 2.25. The molecule has 0 radical (unpaired) electrons. The highest BCUT2D eigenvalue weighted by atomic mass is 32.2. The monoisotopic (exact) mass is 304 g/mol. The Morgan fingerprint density at radius 1 is 1.40 bits per heavy atom. The van der Waals surface area contributed by atoms with Crippen molar-refractivity contribution in [3.8, 4) is 0 Å². The maximum atomic E-state index is 12.0. The molecule has 0 aromatic carbocycles. The molecule has 7 heteroatoms. The van der Waals surface area contributed by atoms with Crippen molar-refractivity contribution in [1.29, 1.82) is 0 Å². The van der Waals surface area contributed by atoms with Crippen molar-refractivity contribution in [3.63, 3.8) is 0 Å². The topological polar surface area (TPSA) is 75.7 Å². The summed E-state index contributed by atoms with van der Waals surface area (Å²) < 4.78 is 28.0. The van der Waals surface area contributed by atoms with E-state index < -0.39 is 15.4 Å². The molecule has 116 valence electrons. The van der Waals surface area contributed by atoms with Gasteiger partial charge in [-0.1, -0.05) is 0 Å². The summed E-state index contributed by atoms with van der Waals surface area (Å²) in [6.45, 7) is 2.29. The molecule has 1 saturated heterocycles. The summed E-state index contributed by atoms with van der Waals surface area (Å²) in [6, 6.07) is 0.366. The number of carbonyl (C=O) groups excluding carboxylic acids is 1. The van der Waals surface area contributed by atoms with Gasteiger partial charge in [0.05, 0.1) is 18.6 Å². The van der Waals surface area contributed by atoms with Crippen molar-refractivity contribution >= 4 is 15.8 Å². The SMILES string of the molecule is COC(=O)C(C)(CN(C)C1CCS(=O)(=O)C1)NC1CC1. The van der Waals surface area contributed by atoms with Crippen LogP contribution in [0.3, 0.4) is 0 Å². The highest BCUT2D eigenvalue weighted by molar-refractivity contribution is 7.91. The van der Waals surface area contributed by atoms with Crippen molar-refractivity contribution < 1.29 is 17.9 Å². The number of esters is 1. The molecule has 0 amide bonds. The van der Waals surface area contributed by atoms with Gasteiger partial charge in [0.25, 0.3) is 0 Å². The van der Waals surface area contributed by atoms with Gasteiger partial charge in [-0.05, 0) is 33.2 Å². The van der Waals surface area contributed by atoms with E-state index in [1.54, 1.807) is 0 Å². The van der Waals surface area contributed by atoms with Crippen molar-refractivity contribution in [2.75, 3.05) is 32.2 Å². The van der Waals surface area contributed by atoms with E-state index in [1.165, 1.54) is 7.11 Å². The Hall–Kier alpha value is -0.660. The van der Waals surface area contributed by atoms with Crippen molar-refractivity contribution in [3.05, 3.63) is 0 Å². The number of sulfone groups is 1. The molecule has 2 rings (SSSR count). The van der Waals surface area contributed by atoms with E-state index in [1.807, 2.05) is 18.9 Å². The fourth-order valence-electron chi connectivity index (χ4n) is 2.82. The number of ether oxygens (including phenoxy) is 1. The molecule has 1 heterocycles. The summed E-state index contributed by atoms with van der Waals surface area (Å²) in [5.74, 6) is 0.133. The molecule has 1 saturated carbocycles. The molecule has 0 aromatic heterocycles. The summed E-state index contributed by atoms with van der Waals surface area (Å²) in [5, 5.41) is 3.33. The maximum absolute atomic E-state index is 12.0. The van der Waals surface area contributed by atoms with E-state index in [4.69, 9.17) is 4.74 Å². The quantitative estimate of drug-likeness (QED) is 0.684. The first kappa shape index (κ1) is 15.7. The number of likely N-dealkylation sites (N-methyl/N-ethyl adjacent to an activating group) is 1. The third kappa shape index (κ3) is 3.71. The van der Waals surface area contributed by atoms with Crippen LogP contribution in [0.2, 0.25) is 0 Å². The van der Waals surface area contributed by atoms with E-state index in [0.29, 0.717) is 19.0 Å². The van der Waals surface area contributed by atoms with Crippen LogP contribution in [0.1, 0.15) is 26.2 Å². The third-order valence-corrected chi connectivity index (χ3v) is 5.88. The Labute approximate surface area is 120 Å². The van der Waals surface area contributed by atoms with Crippen LogP contribution in [0, 0.1) is 0 Å². The van der Waals surface area contributed by atoms with Crippen LogP contribution in [0.4, 0.5) is 0 Å². The lowest BCUT2D eigenvalue weighted by atomic mass is 10.0. The van der Waals surface area contributed by atoms with Crippen molar-refractivity contribution in [2.45, 2.75) is 43.8 Å². The molecule has 1 aliphatic heterocycles. The molecule has 2 unspecified atom stereocenters. The maximum Gasteiger partial charge on any atom is 0.327 e. The summed E-state index contributed by atoms with van der Waals surface area (Å²) in [6.07, 6.45) is 2.79. The van der Waals surface area contributed by atoms with Crippen LogP contribution in [-0.4, -0.2) is 69.1 Å². The lowest BCUT2D eigenvalue weighted by Gasteiger charge is -2.34. The number of nitrogens with one attached hydrogen (secondary N) is 1. The van der Waals surface area contributed by atoms with Gasteiger partial charge >= 0.3 is 5.97 Å². The minimum Gasteiger partial charge on any atom is -0.468 e. The molecule has 1 aliphatic carbocycles. The van der Waals surface area contributed by atoms with E-state index >= 15 is 0 Å². The highest BCUT2D eigenvalue weighted by Gasteiger charge is 2.42. The van der Waals surface area contributed by atoms with E-state index in [2.05, 4.69) is 5.32 Å². The second kappa shape index (κ2) is 5.61. The average Bonchev–Trinajstić information content (AvgIpc) is 3.09. The summed E-state index contributed by atoms with van der Waals surface area (Å²) >= 11 is 0. The molecule has 2 fully saturated rings. The second-order valence-electron chi connectivity index (χ2n) is 6.21.